The average Bonchev–Trinajstić information content (AvgIpc) is 3.00. The monoisotopic (exact) mass is 419 g/mol. The van der Waals surface area contributed by atoms with E-state index in [1.165, 1.54) is 16.8 Å². The second-order valence-electron chi connectivity index (χ2n) is 6.66. The third kappa shape index (κ3) is 3.58. The number of aryl methyl sites for hydroxylation is 2. The van der Waals surface area contributed by atoms with Gasteiger partial charge in [-0.15, -0.1) is 13.2 Å². The number of carbonyl (C=O) groups excluding carboxylic acids is 1. The normalized spacial score (nSPS) is 12.8. The summed E-state index contributed by atoms with van der Waals surface area (Å²) >= 11 is 0. The van der Waals surface area contributed by atoms with E-state index in [0.29, 0.717) is 29.8 Å². The summed E-state index contributed by atoms with van der Waals surface area (Å²) < 4.78 is 43.7. The zero-order valence-corrected chi connectivity index (χ0v) is 15.6. The minimum absolute atomic E-state index is 0.0287. The summed E-state index contributed by atoms with van der Waals surface area (Å²) in [7, 11) is 1.66. The number of fused-ring (bicyclic) bond motifs is 3. The molecule has 9 nitrogen and oxygen atoms in total. The predicted octanol–water partition coefficient (Wildman–Crippen LogP) is 2.30. The number of hydrogen-bond donors (Lipinski definition) is 3. The Morgan fingerprint density at radius 1 is 1.30 bits per heavy atom. The Labute approximate surface area is 167 Å². The van der Waals surface area contributed by atoms with Gasteiger partial charge in [-0.3, -0.25) is 9.48 Å². The molecule has 3 aromatic rings. The van der Waals surface area contributed by atoms with E-state index in [4.69, 9.17) is 11.5 Å². The molecule has 1 aromatic carbocycles. The molecule has 0 radical (unpaired) electrons. The first kappa shape index (κ1) is 19.5. The van der Waals surface area contributed by atoms with Crippen molar-refractivity contribution >= 4 is 23.2 Å². The summed E-state index contributed by atoms with van der Waals surface area (Å²) in [5, 5.41) is 6.89. The van der Waals surface area contributed by atoms with Gasteiger partial charge in [0.1, 0.15) is 0 Å². The van der Waals surface area contributed by atoms with E-state index in [1.54, 1.807) is 13.2 Å². The minimum atomic E-state index is -4.88. The molecular weight excluding hydrogens is 403 g/mol. The Morgan fingerprint density at radius 3 is 2.77 bits per heavy atom. The molecule has 0 saturated heterocycles. The maximum atomic E-state index is 12.7. The number of nitrogen functional groups attached to an aromatic ring is 1. The van der Waals surface area contributed by atoms with Gasteiger partial charge in [0, 0.05) is 24.5 Å². The summed E-state index contributed by atoms with van der Waals surface area (Å²) in [6.45, 7) is 0. The highest BCUT2D eigenvalue weighted by atomic mass is 19.4. The third-order valence-corrected chi connectivity index (χ3v) is 4.59. The average molecular weight is 419 g/mol. The van der Waals surface area contributed by atoms with Crippen LogP contribution in [0.15, 0.2) is 24.4 Å². The SMILES string of the molecule is Cn1nc(C(N)=O)c2c1-c1nc(Nc3cc(N)ccc3OC(F)(F)F)ncc1CC2. The number of rotatable bonds is 4. The number of hydrogen-bond acceptors (Lipinski definition) is 7. The van der Waals surface area contributed by atoms with Gasteiger partial charge in [-0.25, -0.2) is 9.97 Å². The Kier molecular flexibility index (Phi) is 4.48. The van der Waals surface area contributed by atoms with E-state index < -0.39 is 18.0 Å². The molecule has 0 saturated carbocycles. The first-order valence-corrected chi connectivity index (χ1v) is 8.76. The Hall–Kier alpha value is -3.83. The first-order valence-electron chi connectivity index (χ1n) is 8.76. The van der Waals surface area contributed by atoms with Gasteiger partial charge < -0.3 is 21.5 Å². The van der Waals surface area contributed by atoms with Crippen LogP contribution in [0.2, 0.25) is 0 Å². The molecule has 4 rings (SSSR count). The second kappa shape index (κ2) is 6.90. The Morgan fingerprint density at radius 2 is 2.07 bits per heavy atom. The van der Waals surface area contributed by atoms with Crippen LogP contribution in [0.4, 0.5) is 30.5 Å². The summed E-state index contributed by atoms with van der Waals surface area (Å²) in [4.78, 5) is 20.3. The quantitative estimate of drug-likeness (QED) is 0.553. The van der Waals surface area contributed by atoms with Crippen molar-refractivity contribution in [3.05, 3.63) is 41.2 Å². The molecule has 1 amide bonds. The molecule has 0 aliphatic heterocycles. The van der Waals surface area contributed by atoms with Gasteiger partial charge in [0.15, 0.2) is 11.4 Å². The number of carbonyl (C=O) groups is 1. The maximum Gasteiger partial charge on any atom is 0.573 e. The molecule has 0 spiro atoms. The summed E-state index contributed by atoms with van der Waals surface area (Å²) in [6.07, 6.45) is -2.20. The molecule has 1 aliphatic rings. The second-order valence-corrected chi connectivity index (χ2v) is 6.66. The van der Waals surface area contributed by atoms with Crippen molar-refractivity contribution in [2.75, 3.05) is 11.1 Å². The molecule has 2 aromatic heterocycles. The number of benzene rings is 1. The standard InChI is InChI=1S/C18H16F3N7O2/c1-28-15-10(14(27-28)16(23)29)4-2-8-7-24-17(26-13(8)15)25-11-6-9(22)3-5-12(11)30-18(19,20)21/h3,5-7H,2,4,22H2,1H3,(H2,23,29)(H,24,25,26). The van der Waals surface area contributed by atoms with Crippen molar-refractivity contribution in [2.45, 2.75) is 19.2 Å². The number of amides is 1. The number of ether oxygens (including phenoxy) is 1. The number of nitrogens with two attached hydrogens (primary N) is 2. The Balaban J connectivity index is 1.74. The maximum absolute atomic E-state index is 12.7. The Bertz CT molecular complexity index is 1160. The van der Waals surface area contributed by atoms with Crippen LogP contribution < -0.4 is 21.5 Å². The van der Waals surface area contributed by atoms with E-state index in [0.717, 1.165) is 11.6 Å². The fourth-order valence-electron chi connectivity index (χ4n) is 3.39. The molecule has 1 aliphatic carbocycles. The van der Waals surface area contributed by atoms with Gasteiger partial charge in [-0.1, -0.05) is 0 Å². The summed E-state index contributed by atoms with van der Waals surface area (Å²) in [6, 6.07) is 3.67. The number of aromatic nitrogens is 4. The van der Waals surface area contributed by atoms with Crippen molar-refractivity contribution < 1.29 is 22.7 Å². The van der Waals surface area contributed by atoms with E-state index in [-0.39, 0.29) is 23.0 Å². The van der Waals surface area contributed by atoms with Crippen LogP contribution in [-0.2, 0) is 19.9 Å². The van der Waals surface area contributed by atoms with Gasteiger partial charge >= 0.3 is 6.36 Å². The van der Waals surface area contributed by atoms with Gasteiger partial charge in [0.25, 0.3) is 5.91 Å². The molecule has 30 heavy (non-hydrogen) atoms. The highest BCUT2D eigenvalue weighted by Gasteiger charge is 2.32. The van der Waals surface area contributed by atoms with Crippen molar-refractivity contribution in [3.8, 4) is 17.1 Å². The highest BCUT2D eigenvalue weighted by molar-refractivity contribution is 5.94. The van der Waals surface area contributed by atoms with Crippen LogP contribution in [0.25, 0.3) is 11.4 Å². The van der Waals surface area contributed by atoms with Crippen LogP contribution in [0.3, 0.4) is 0 Å². The zero-order valence-electron chi connectivity index (χ0n) is 15.6. The molecule has 5 N–H and O–H groups in total. The first-order chi connectivity index (χ1) is 14.1. The van der Waals surface area contributed by atoms with Crippen LogP contribution in [0, 0.1) is 0 Å². The lowest BCUT2D eigenvalue weighted by atomic mass is 9.93. The molecular formula is C18H16F3N7O2. The number of anilines is 3. The fourth-order valence-corrected chi connectivity index (χ4v) is 3.39. The van der Waals surface area contributed by atoms with E-state index in [1.807, 2.05) is 0 Å². The van der Waals surface area contributed by atoms with Gasteiger partial charge in [0.05, 0.1) is 17.1 Å². The van der Waals surface area contributed by atoms with Crippen LogP contribution >= 0.6 is 0 Å². The number of halogens is 3. The smallest absolute Gasteiger partial charge is 0.404 e. The van der Waals surface area contributed by atoms with Gasteiger partial charge in [0.2, 0.25) is 5.95 Å². The zero-order chi connectivity index (χ0) is 21.6. The number of alkyl halides is 3. The van der Waals surface area contributed by atoms with Crippen LogP contribution in [0.1, 0.15) is 21.6 Å². The lowest BCUT2D eigenvalue weighted by Crippen LogP contribution is -2.18. The highest BCUT2D eigenvalue weighted by Crippen LogP contribution is 2.36. The topological polar surface area (TPSA) is 134 Å². The lowest BCUT2D eigenvalue weighted by molar-refractivity contribution is -0.274. The van der Waals surface area contributed by atoms with Crippen molar-refractivity contribution in [1.82, 2.24) is 19.7 Å². The molecule has 2 heterocycles. The van der Waals surface area contributed by atoms with Crippen molar-refractivity contribution in [2.24, 2.45) is 12.8 Å². The van der Waals surface area contributed by atoms with E-state index >= 15 is 0 Å². The van der Waals surface area contributed by atoms with Gasteiger partial charge in [-0.2, -0.15) is 5.10 Å². The molecule has 12 heteroatoms. The summed E-state index contributed by atoms with van der Waals surface area (Å²) in [5.74, 6) is -1.09. The van der Waals surface area contributed by atoms with Gasteiger partial charge in [-0.05, 0) is 36.6 Å². The number of primary amides is 1. The molecule has 0 fully saturated rings. The fraction of sp³-hybridized carbons (Fsp3) is 0.222. The van der Waals surface area contributed by atoms with Crippen LogP contribution in [0.5, 0.6) is 5.75 Å². The van der Waals surface area contributed by atoms with Crippen molar-refractivity contribution in [3.63, 3.8) is 0 Å². The molecule has 0 atom stereocenters. The predicted molar refractivity (Wildman–Crippen MR) is 101 cm³/mol. The number of nitrogens with one attached hydrogen (secondary N) is 1. The third-order valence-electron chi connectivity index (χ3n) is 4.59. The summed E-state index contributed by atoms with van der Waals surface area (Å²) in [5.41, 5.74) is 14.1. The van der Waals surface area contributed by atoms with E-state index in [2.05, 4.69) is 25.1 Å². The molecule has 0 bridgehead atoms. The minimum Gasteiger partial charge on any atom is -0.404 e. The lowest BCUT2D eigenvalue weighted by Gasteiger charge is -2.18. The molecule has 0 unspecified atom stereocenters. The van der Waals surface area contributed by atoms with Crippen LogP contribution in [-0.4, -0.2) is 32.0 Å². The molecule has 156 valence electrons. The van der Waals surface area contributed by atoms with Crippen molar-refractivity contribution in [1.29, 1.82) is 0 Å². The largest absolute Gasteiger partial charge is 0.573 e. The van der Waals surface area contributed by atoms with E-state index in [9.17, 15) is 18.0 Å². The number of nitrogens with zero attached hydrogens (tertiary/aromatic N) is 4.